The molecule has 0 radical (unpaired) electrons. The van der Waals surface area contributed by atoms with Gasteiger partial charge in [0.15, 0.2) is 0 Å². The van der Waals surface area contributed by atoms with Crippen molar-refractivity contribution in [2.45, 2.75) is 31.4 Å². The smallest absolute Gasteiger partial charge is 0.0741 e. The van der Waals surface area contributed by atoms with Crippen molar-refractivity contribution >= 4 is 27.1 Å². The van der Waals surface area contributed by atoms with Crippen LogP contribution in [-0.2, 0) is 0 Å². The number of hydrogen-bond acceptors (Lipinski definition) is 3. The molecule has 0 bridgehead atoms. The molecule has 1 fully saturated rings. The van der Waals surface area contributed by atoms with E-state index in [1.54, 1.807) is 11.3 Å². The normalized spacial score (nSPS) is 25.1. The molecule has 0 spiro atoms. The van der Waals surface area contributed by atoms with Gasteiger partial charge in [-0.1, -0.05) is 0 Å². The molecule has 1 aromatic heterocycles. The van der Waals surface area contributed by atoms with Gasteiger partial charge in [-0.2, -0.15) is 0 Å². The van der Waals surface area contributed by atoms with Crippen molar-refractivity contribution in [1.29, 1.82) is 0 Å². The van der Waals surface area contributed by atoms with Gasteiger partial charge in [0.25, 0.3) is 0 Å². The Morgan fingerprint density at radius 1 is 1.25 bits per heavy atom. The van der Waals surface area contributed by atoms with E-state index in [-0.39, 0.29) is 12.1 Å². The molecule has 3 rings (SSSR count). The monoisotopic (exact) mass is 233 g/mol. The highest BCUT2D eigenvalue weighted by Gasteiger charge is 2.24. The second kappa shape index (κ2) is 4.07. The highest BCUT2D eigenvalue weighted by molar-refractivity contribution is 7.17. The minimum atomic E-state index is -0.182. The van der Waals surface area contributed by atoms with E-state index < -0.39 is 0 Å². The number of benzene rings is 1. The van der Waals surface area contributed by atoms with Crippen LogP contribution in [0.4, 0.5) is 5.69 Å². The summed E-state index contributed by atoms with van der Waals surface area (Å²) in [5.74, 6) is 0. The fraction of sp³-hybridized carbons (Fsp3) is 0.385. The van der Waals surface area contributed by atoms with E-state index in [2.05, 4.69) is 35.0 Å². The van der Waals surface area contributed by atoms with Crippen molar-refractivity contribution in [3.8, 4) is 0 Å². The number of thiophene rings is 1. The molecule has 0 aliphatic heterocycles. The SMILES string of the molecule is O[C@@H]1CCC[C@H]1Nc1ccc2sccc2c1. The number of fused-ring (bicyclic) bond motifs is 1. The fourth-order valence-electron chi connectivity index (χ4n) is 2.38. The van der Waals surface area contributed by atoms with Gasteiger partial charge in [0.1, 0.15) is 0 Å². The predicted octanol–water partition coefficient (Wildman–Crippen LogP) is 3.23. The maximum atomic E-state index is 9.76. The van der Waals surface area contributed by atoms with Crippen molar-refractivity contribution in [3.05, 3.63) is 29.6 Å². The maximum absolute atomic E-state index is 9.76. The molecule has 84 valence electrons. The summed E-state index contributed by atoms with van der Waals surface area (Å²) >= 11 is 1.76. The van der Waals surface area contributed by atoms with Gasteiger partial charge in [0, 0.05) is 10.4 Å². The summed E-state index contributed by atoms with van der Waals surface area (Å²) in [5, 5.41) is 16.6. The summed E-state index contributed by atoms with van der Waals surface area (Å²) in [6.07, 6.45) is 2.94. The standard InChI is InChI=1S/C13H15NOS/c15-12-3-1-2-11(12)14-10-4-5-13-9(8-10)6-7-16-13/h4-8,11-12,14-15H,1-3H2/t11-,12-/m1/s1. The van der Waals surface area contributed by atoms with Gasteiger partial charge in [-0.3, -0.25) is 0 Å². The van der Waals surface area contributed by atoms with Gasteiger partial charge >= 0.3 is 0 Å². The Bertz CT molecular complexity index is 493. The molecule has 0 amide bonds. The summed E-state index contributed by atoms with van der Waals surface area (Å²) in [5.41, 5.74) is 1.12. The maximum Gasteiger partial charge on any atom is 0.0741 e. The molecule has 2 aromatic rings. The largest absolute Gasteiger partial charge is 0.391 e. The van der Waals surface area contributed by atoms with Gasteiger partial charge in [0.05, 0.1) is 12.1 Å². The first-order valence-corrected chi connectivity index (χ1v) is 6.63. The van der Waals surface area contributed by atoms with Crippen LogP contribution in [0.15, 0.2) is 29.6 Å². The predicted molar refractivity (Wildman–Crippen MR) is 69.1 cm³/mol. The fourth-order valence-corrected chi connectivity index (χ4v) is 3.15. The topological polar surface area (TPSA) is 32.3 Å². The van der Waals surface area contributed by atoms with Gasteiger partial charge in [-0.05, 0) is 54.3 Å². The van der Waals surface area contributed by atoms with Crippen LogP contribution >= 0.6 is 11.3 Å². The number of aliphatic hydroxyl groups excluding tert-OH is 1. The van der Waals surface area contributed by atoms with E-state index in [9.17, 15) is 5.11 Å². The Morgan fingerprint density at radius 3 is 3.00 bits per heavy atom. The molecule has 0 saturated heterocycles. The Balaban J connectivity index is 1.83. The third-order valence-electron chi connectivity index (χ3n) is 3.28. The number of hydrogen-bond donors (Lipinski definition) is 2. The Hall–Kier alpha value is -1.06. The number of nitrogens with one attached hydrogen (secondary N) is 1. The minimum Gasteiger partial charge on any atom is -0.391 e. The average molecular weight is 233 g/mol. The first kappa shape index (κ1) is 10.1. The summed E-state index contributed by atoms with van der Waals surface area (Å²) < 4.78 is 1.32. The third kappa shape index (κ3) is 1.81. The number of rotatable bonds is 2. The van der Waals surface area contributed by atoms with Crippen molar-refractivity contribution in [3.63, 3.8) is 0 Å². The average Bonchev–Trinajstić information content (AvgIpc) is 2.88. The zero-order chi connectivity index (χ0) is 11.0. The third-order valence-corrected chi connectivity index (χ3v) is 4.18. The lowest BCUT2D eigenvalue weighted by atomic mass is 10.2. The zero-order valence-corrected chi connectivity index (χ0v) is 9.83. The van der Waals surface area contributed by atoms with Crippen molar-refractivity contribution in [2.24, 2.45) is 0 Å². The first-order chi connectivity index (χ1) is 7.83. The molecule has 2 N–H and O–H groups in total. The van der Waals surface area contributed by atoms with Gasteiger partial charge < -0.3 is 10.4 Å². The molecule has 2 atom stereocenters. The number of anilines is 1. The van der Waals surface area contributed by atoms with Gasteiger partial charge in [-0.15, -0.1) is 11.3 Å². The van der Waals surface area contributed by atoms with Crippen LogP contribution in [0.1, 0.15) is 19.3 Å². The van der Waals surface area contributed by atoms with Crippen LogP contribution < -0.4 is 5.32 Å². The lowest BCUT2D eigenvalue weighted by molar-refractivity contribution is 0.172. The first-order valence-electron chi connectivity index (χ1n) is 5.75. The zero-order valence-electron chi connectivity index (χ0n) is 9.02. The van der Waals surface area contributed by atoms with Crippen LogP contribution in [0.5, 0.6) is 0 Å². The van der Waals surface area contributed by atoms with Crippen LogP contribution in [-0.4, -0.2) is 17.3 Å². The molecule has 0 unspecified atom stereocenters. The molecule has 1 aliphatic carbocycles. The van der Waals surface area contributed by atoms with Crippen molar-refractivity contribution in [2.75, 3.05) is 5.32 Å². The second-order valence-corrected chi connectivity index (χ2v) is 5.37. The number of aliphatic hydroxyl groups is 1. The quantitative estimate of drug-likeness (QED) is 0.834. The van der Waals surface area contributed by atoms with Crippen LogP contribution in [0.25, 0.3) is 10.1 Å². The van der Waals surface area contributed by atoms with Gasteiger partial charge in [0.2, 0.25) is 0 Å². The summed E-state index contributed by atoms with van der Waals surface area (Å²) in [7, 11) is 0. The molecule has 2 nitrogen and oxygen atoms in total. The lowest BCUT2D eigenvalue weighted by Crippen LogP contribution is -2.27. The Labute approximate surface area is 98.9 Å². The van der Waals surface area contributed by atoms with Crippen LogP contribution in [0.2, 0.25) is 0 Å². The lowest BCUT2D eigenvalue weighted by Gasteiger charge is -2.17. The van der Waals surface area contributed by atoms with E-state index in [0.717, 1.165) is 24.9 Å². The molecule has 3 heteroatoms. The van der Waals surface area contributed by atoms with E-state index >= 15 is 0 Å². The molecule has 1 heterocycles. The van der Waals surface area contributed by atoms with Crippen LogP contribution in [0.3, 0.4) is 0 Å². The van der Waals surface area contributed by atoms with Crippen molar-refractivity contribution in [1.82, 2.24) is 0 Å². The van der Waals surface area contributed by atoms with Crippen molar-refractivity contribution < 1.29 is 5.11 Å². The van der Waals surface area contributed by atoms with E-state index in [0.29, 0.717) is 0 Å². The van der Waals surface area contributed by atoms with E-state index in [1.807, 2.05) is 0 Å². The molecular weight excluding hydrogens is 218 g/mol. The molecule has 1 aromatic carbocycles. The molecule has 1 saturated carbocycles. The second-order valence-electron chi connectivity index (χ2n) is 4.42. The summed E-state index contributed by atoms with van der Waals surface area (Å²) in [6, 6.07) is 8.77. The summed E-state index contributed by atoms with van der Waals surface area (Å²) in [6.45, 7) is 0. The van der Waals surface area contributed by atoms with Gasteiger partial charge in [-0.25, -0.2) is 0 Å². The molecular formula is C13H15NOS. The molecule has 16 heavy (non-hydrogen) atoms. The van der Waals surface area contributed by atoms with Crippen LogP contribution in [0, 0.1) is 0 Å². The summed E-state index contributed by atoms with van der Waals surface area (Å²) in [4.78, 5) is 0. The Morgan fingerprint density at radius 2 is 2.19 bits per heavy atom. The van der Waals surface area contributed by atoms with E-state index in [1.165, 1.54) is 10.1 Å². The minimum absolute atomic E-state index is 0.182. The van der Waals surface area contributed by atoms with E-state index in [4.69, 9.17) is 0 Å². The highest BCUT2D eigenvalue weighted by Crippen LogP contribution is 2.27. The Kier molecular flexibility index (Phi) is 2.58. The highest BCUT2D eigenvalue weighted by atomic mass is 32.1. The molecule has 1 aliphatic rings.